The van der Waals surface area contributed by atoms with Gasteiger partial charge in [-0.05, 0) is 30.9 Å². The number of halogens is 1. The molecule has 0 radical (unpaired) electrons. The highest BCUT2D eigenvalue weighted by molar-refractivity contribution is 7.07. The zero-order valence-corrected chi connectivity index (χ0v) is 12.5. The van der Waals surface area contributed by atoms with Gasteiger partial charge in [0.15, 0.2) is 0 Å². The van der Waals surface area contributed by atoms with Crippen LogP contribution in [0.1, 0.15) is 25.0 Å². The van der Waals surface area contributed by atoms with Crippen LogP contribution in [-0.4, -0.2) is 33.0 Å². The summed E-state index contributed by atoms with van der Waals surface area (Å²) in [4.78, 5) is 19.1. The molecule has 0 spiro atoms. The minimum absolute atomic E-state index is 0.223. The lowest BCUT2D eigenvalue weighted by Crippen LogP contribution is -2.31. The highest BCUT2D eigenvalue weighted by Gasteiger charge is 2.15. The van der Waals surface area contributed by atoms with Gasteiger partial charge in [-0.2, -0.15) is 15.0 Å². The van der Waals surface area contributed by atoms with Crippen molar-refractivity contribution in [3.8, 4) is 0 Å². The van der Waals surface area contributed by atoms with Crippen LogP contribution in [0.4, 0.5) is 11.9 Å². The van der Waals surface area contributed by atoms with E-state index in [2.05, 4.69) is 30.2 Å². The molecule has 0 atom stereocenters. The summed E-state index contributed by atoms with van der Waals surface area (Å²) in [6.45, 7) is 2.54. The van der Waals surface area contributed by atoms with Crippen LogP contribution in [0.5, 0.6) is 0 Å². The largest absolute Gasteiger partial charge is 0.348 e. The van der Waals surface area contributed by atoms with Crippen LogP contribution in [0.2, 0.25) is 5.28 Å². The second kappa shape index (κ2) is 6.32. The molecule has 0 amide bonds. The molecule has 0 bridgehead atoms. The first-order valence-corrected chi connectivity index (χ1v) is 7.91. The lowest BCUT2D eigenvalue weighted by atomic mass is 10.1. The number of aromatic nitrogens is 4. The fourth-order valence-corrected chi connectivity index (χ4v) is 2.86. The van der Waals surface area contributed by atoms with Crippen LogP contribution in [0.3, 0.4) is 0 Å². The zero-order valence-electron chi connectivity index (χ0n) is 10.9. The van der Waals surface area contributed by atoms with E-state index in [9.17, 15) is 0 Å². The standard InChI is InChI=1S/C12H15ClN6S/c13-10-16-11(14-6-9-7-20-8-15-9)18-12(17-10)19-4-2-1-3-5-19/h7-8H,1-6H2,(H,14,16,17,18). The molecule has 1 aliphatic rings. The third kappa shape index (κ3) is 3.34. The van der Waals surface area contributed by atoms with Crippen molar-refractivity contribution >= 4 is 34.8 Å². The first kappa shape index (κ1) is 13.5. The Kier molecular flexibility index (Phi) is 4.27. The zero-order chi connectivity index (χ0) is 13.8. The summed E-state index contributed by atoms with van der Waals surface area (Å²) >= 11 is 7.55. The van der Waals surface area contributed by atoms with E-state index in [4.69, 9.17) is 11.6 Å². The van der Waals surface area contributed by atoms with Gasteiger partial charge in [-0.1, -0.05) is 0 Å². The van der Waals surface area contributed by atoms with Crippen molar-refractivity contribution in [2.24, 2.45) is 0 Å². The molecule has 0 unspecified atom stereocenters. The van der Waals surface area contributed by atoms with Crippen LogP contribution in [0, 0.1) is 0 Å². The van der Waals surface area contributed by atoms with Gasteiger partial charge in [-0.15, -0.1) is 11.3 Å². The summed E-state index contributed by atoms with van der Waals surface area (Å²) in [5, 5.41) is 5.35. The van der Waals surface area contributed by atoms with Gasteiger partial charge < -0.3 is 10.2 Å². The van der Waals surface area contributed by atoms with E-state index in [1.54, 1.807) is 16.8 Å². The summed E-state index contributed by atoms with van der Waals surface area (Å²) in [6.07, 6.45) is 3.61. The molecule has 1 aliphatic heterocycles. The van der Waals surface area contributed by atoms with Gasteiger partial charge in [0, 0.05) is 18.5 Å². The quantitative estimate of drug-likeness (QED) is 0.936. The van der Waals surface area contributed by atoms with E-state index in [0.717, 1.165) is 18.8 Å². The lowest BCUT2D eigenvalue weighted by Gasteiger charge is -2.26. The Balaban J connectivity index is 1.72. The molecule has 6 nitrogen and oxygen atoms in total. The van der Waals surface area contributed by atoms with Crippen molar-refractivity contribution < 1.29 is 0 Å². The van der Waals surface area contributed by atoms with Crippen molar-refractivity contribution in [3.05, 3.63) is 21.9 Å². The molecular formula is C12H15ClN6S. The number of anilines is 2. The van der Waals surface area contributed by atoms with Crippen LogP contribution in [0.15, 0.2) is 10.9 Å². The molecule has 0 saturated carbocycles. The third-order valence-electron chi connectivity index (χ3n) is 3.15. The Bertz CT molecular complexity index is 555. The third-order valence-corrected chi connectivity index (χ3v) is 3.95. The normalized spacial score (nSPS) is 15.3. The first-order valence-electron chi connectivity index (χ1n) is 6.59. The molecule has 8 heteroatoms. The van der Waals surface area contributed by atoms with Crippen molar-refractivity contribution in [3.63, 3.8) is 0 Å². The second-order valence-corrected chi connectivity index (χ2v) is 5.67. The summed E-state index contributed by atoms with van der Waals surface area (Å²) in [5.74, 6) is 1.16. The fourth-order valence-electron chi connectivity index (χ4n) is 2.15. The number of thiazole rings is 1. The van der Waals surface area contributed by atoms with Crippen LogP contribution < -0.4 is 10.2 Å². The van der Waals surface area contributed by atoms with Crippen molar-refractivity contribution in [1.82, 2.24) is 19.9 Å². The number of piperidine rings is 1. The maximum atomic E-state index is 5.99. The van der Waals surface area contributed by atoms with Crippen molar-refractivity contribution in [1.29, 1.82) is 0 Å². The molecule has 1 fully saturated rings. The number of nitrogens with zero attached hydrogens (tertiary/aromatic N) is 5. The average Bonchev–Trinajstić information content (AvgIpc) is 2.99. The van der Waals surface area contributed by atoms with Gasteiger partial charge in [0.2, 0.25) is 17.2 Å². The van der Waals surface area contributed by atoms with Gasteiger partial charge in [-0.3, -0.25) is 0 Å². The van der Waals surface area contributed by atoms with Gasteiger partial charge in [0.25, 0.3) is 0 Å². The SMILES string of the molecule is Clc1nc(NCc2cscn2)nc(N2CCCCC2)n1. The molecule has 3 rings (SSSR count). The monoisotopic (exact) mass is 310 g/mol. The van der Waals surface area contributed by atoms with Crippen LogP contribution >= 0.6 is 22.9 Å². The number of rotatable bonds is 4. The molecule has 3 heterocycles. The topological polar surface area (TPSA) is 66.8 Å². The molecular weight excluding hydrogens is 296 g/mol. The van der Waals surface area contributed by atoms with Crippen molar-refractivity contribution in [2.45, 2.75) is 25.8 Å². The highest BCUT2D eigenvalue weighted by atomic mass is 35.5. The number of hydrogen-bond donors (Lipinski definition) is 1. The maximum Gasteiger partial charge on any atom is 0.231 e. The fraction of sp³-hybridized carbons (Fsp3) is 0.500. The molecule has 1 N–H and O–H groups in total. The Morgan fingerprint density at radius 2 is 2.05 bits per heavy atom. The molecule has 2 aromatic rings. The minimum Gasteiger partial charge on any atom is -0.348 e. The van der Waals surface area contributed by atoms with Gasteiger partial charge in [-0.25, -0.2) is 4.98 Å². The molecule has 2 aromatic heterocycles. The summed E-state index contributed by atoms with van der Waals surface area (Å²) in [7, 11) is 0. The Hall–Kier alpha value is -1.47. The van der Waals surface area contributed by atoms with E-state index >= 15 is 0 Å². The average molecular weight is 311 g/mol. The van der Waals surface area contributed by atoms with E-state index < -0.39 is 0 Å². The molecule has 106 valence electrons. The summed E-state index contributed by atoms with van der Waals surface area (Å²) in [5.41, 5.74) is 2.77. The molecule has 0 aromatic carbocycles. The Morgan fingerprint density at radius 3 is 2.80 bits per heavy atom. The van der Waals surface area contributed by atoms with Crippen LogP contribution in [0.25, 0.3) is 0 Å². The van der Waals surface area contributed by atoms with E-state index in [-0.39, 0.29) is 5.28 Å². The molecule has 1 saturated heterocycles. The van der Waals surface area contributed by atoms with E-state index in [0.29, 0.717) is 18.4 Å². The van der Waals surface area contributed by atoms with E-state index in [1.807, 2.05) is 5.38 Å². The van der Waals surface area contributed by atoms with Gasteiger partial charge in [0.1, 0.15) is 0 Å². The smallest absolute Gasteiger partial charge is 0.231 e. The van der Waals surface area contributed by atoms with Gasteiger partial charge >= 0.3 is 0 Å². The number of hydrogen-bond acceptors (Lipinski definition) is 7. The summed E-state index contributed by atoms with van der Waals surface area (Å²) in [6, 6.07) is 0. The minimum atomic E-state index is 0.223. The Labute approximate surface area is 126 Å². The number of nitrogens with one attached hydrogen (secondary N) is 1. The molecule has 20 heavy (non-hydrogen) atoms. The predicted molar refractivity (Wildman–Crippen MR) is 80.3 cm³/mol. The lowest BCUT2D eigenvalue weighted by molar-refractivity contribution is 0.567. The van der Waals surface area contributed by atoms with Crippen LogP contribution in [-0.2, 0) is 6.54 Å². The predicted octanol–water partition coefficient (Wildman–Crippen LogP) is 2.58. The molecule has 0 aliphatic carbocycles. The second-order valence-electron chi connectivity index (χ2n) is 4.61. The maximum absolute atomic E-state index is 5.99. The van der Waals surface area contributed by atoms with Gasteiger partial charge in [0.05, 0.1) is 17.7 Å². The Morgan fingerprint density at radius 1 is 1.20 bits per heavy atom. The van der Waals surface area contributed by atoms with E-state index in [1.165, 1.54) is 19.3 Å². The summed E-state index contributed by atoms with van der Waals surface area (Å²) < 4.78 is 0. The first-order chi connectivity index (χ1) is 9.81. The highest BCUT2D eigenvalue weighted by Crippen LogP contribution is 2.18. The van der Waals surface area contributed by atoms with Crippen molar-refractivity contribution in [2.75, 3.05) is 23.3 Å².